The Morgan fingerprint density at radius 1 is 1.10 bits per heavy atom. The average molecular weight is 428 g/mol. The molecule has 0 aliphatic carbocycles. The number of aryl methyl sites for hydroxylation is 1. The van der Waals surface area contributed by atoms with E-state index in [0.29, 0.717) is 18.1 Å². The molecule has 1 aliphatic heterocycles. The number of nitrogens with zero attached hydrogens (tertiary/aromatic N) is 3. The number of amidine groups is 1. The van der Waals surface area contributed by atoms with Gasteiger partial charge in [-0.15, -0.1) is 4.40 Å². The summed E-state index contributed by atoms with van der Waals surface area (Å²) >= 11 is 0. The summed E-state index contributed by atoms with van der Waals surface area (Å²) in [6.45, 7) is 1.16. The smallest absolute Gasteiger partial charge is 0.286 e. The Kier molecular flexibility index (Phi) is 5.65. The first-order valence-corrected chi connectivity index (χ1v) is 11.0. The zero-order chi connectivity index (χ0) is 21.1. The van der Waals surface area contributed by atoms with Gasteiger partial charge in [-0.2, -0.15) is 13.5 Å². The molecule has 0 atom stereocenters. The fraction of sp³-hybridized carbons (Fsp3) is 0.238. The van der Waals surface area contributed by atoms with Gasteiger partial charge in [-0.25, -0.2) is 4.39 Å². The lowest BCUT2D eigenvalue weighted by atomic mass is 10.1. The molecule has 2 N–H and O–H groups in total. The van der Waals surface area contributed by atoms with Crippen LogP contribution in [0.2, 0.25) is 0 Å². The molecule has 0 radical (unpaired) electrons. The molecule has 3 aromatic rings. The normalized spacial score (nSPS) is 14.8. The Hall–Kier alpha value is -3.04. The van der Waals surface area contributed by atoms with Crippen LogP contribution in [0.4, 0.5) is 10.1 Å². The maximum atomic E-state index is 13.1. The van der Waals surface area contributed by atoms with Gasteiger partial charge in [-0.1, -0.05) is 12.1 Å². The van der Waals surface area contributed by atoms with Crippen LogP contribution >= 0.6 is 0 Å². The SMILES string of the molecule is CN(CCCc1cc(-c2ccc(F)cc2)n[nH]1)CC1=NS(=O)(=O)c2ccccc2N1. The first kappa shape index (κ1) is 20.2. The molecule has 4 rings (SSSR count). The Morgan fingerprint density at radius 2 is 1.87 bits per heavy atom. The van der Waals surface area contributed by atoms with Crippen molar-refractivity contribution in [3.05, 3.63) is 66.1 Å². The second-order valence-corrected chi connectivity index (χ2v) is 8.83. The minimum atomic E-state index is -3.66. The Balaban J connectivity index is 1.30. The summed E-state index contributed by atoms with van der Waals surface area (Å²) in [5.74, 6) is 0.141. The number of halogens is 1. The molecule has 156 valence electrons. The predicted molar refractivity (Wildman–Crippen MR) is 114 cm³/mol. The Labute approximate surface area is 174 Å². The van der Waals surface area contributed by atoms with Gasteiger partial charge in [-0.3, -0.25) is 10.00 Å². The monoisotopic (exact) mass is 427 g/mol. The zero-order valence-electron chi connectivity index (χ0n) is 16.5. The number of sulfonamides is 1. The van der Waals surface area contributed by atoms with E-state index in [2.05, 4.69) is 19.9 Å². The minimum Gasteiger partial charge on any atom is -0.341 e. The van der Waals surface area contributed by atoms with Crippen LogP contribution in [-0.4, -0.2) is 49.5 Å². The summed E-state index contributed by atoms with van der Waals surface area (Å²) in [5, 5.41) is 10.4. The third-order valence-electron chi connectivity index (χ3n) is 4.85. The van der Waals surface area contributed by atoms with Crippen LogP contribution in [0.5, 0.6) is 0 Å². The van der Waals surface area contributed by atoms with Crippen molar-refractivity contribution < 1.29 is 12.8 Å². The first-order chi connectivity index (χ1) is 14.4. The quantitative estimate of drug-likeness (QED) is 0.604. The van der Waals surface area contributed by atoms with Gasteiger partial charge in [0.1, 0.15) is 16.5 Å². The highest BCUT2D eigenvalue weighted by Crippen LogP contribution is 2.26. The van der Waals surface area contributed by atoms with Crippen molar-refractivity contribution in [2.75, 3.05) is 25.5 Å². The van der Waals surface area contributed by atoms with E-state index in [0.717, 1.165) is 36.3 Å². The van der Waals surface area contributed by atoms with E-state index in [1.54, 1.807) is 36.4 Å². The maximum Gasteiger partial charge on any atom is 0.286 e. The largest absolute Gasteiger partial charge is 0.341 e. The van der Waals surface area contributed by atoms with Crippen LogP contribution < -0.4 is 5.32 Å². The van der Waals surface area contributed by atoms with Crippen molar-refractivity contribution in [1.29, 1.82) is 0 Å². The third-order valence-corrected chi connectivity index (χ3v) is 6.22. The van der Waals surface area contributed by atoms with Crippen molar-refractivity contribution in [3.8, 4) is 11.3 Å². The van der Waals surface area contributed by atoms with Gasteiger partial charge >= 0.3 is 0 Å². The Morgan fingerprint density at radius 3 is 2.67 bits per heavy atom. The van der Waals surface area contributed by atoms with Crippen molar-refractivity contribution >= 4 is 21.5 Å². The standard InChI is InChI=1S/C21H22FN5O2S/c1-27(14-21-23-18-6-2-3-7-20(18)30(28,29)26-21)12-4-5-17-13-19(25-24-17)15-8-10-16(22)11-9-15/h2-3,6-11,13H,4-5,12,14H2,1H3,(H,23,26)(H,24,25). The van der Waals surface area contributed by atoms with Crippen molar-refractivity contribution in [2.45, 2.75) is 17.7 Å². The molecule has 0 saturated heterocycles. The molecule has 0 fully saturated rings. The molecule has 30 heavy (non-hydrogen) atoms. The number of aromatic nitrogens is 2. The number of hydrogen-bond acceptors (Lipinski definition) is 5. The van der Waals surface area contributed by atoms with Gasteiger partial charge in [0.25, 0.3) is 10.0 Å². The molecule has 2 aromatic carbocycles. The molecule has 0 unspecified atom stereocenters. The molecule has 0 amide bonds. The lowest BCUT2D eigenvalue weighted by Gasteiger charge is -2.22. The number of hydrogen-bond donors (Lipinski definition) is 2. The molecular weight excluding hydrogens is 405 g/mol. The number of fused-ring (bicyclic) bond motifs is 1. The number of aromatic amines is 1. The minimum absolute atomic E-state index is 0.201. The number of rotatable bonds is 7. The van der Waals surface area contributed by atoms with Crippen molar-refractivity contribution in [3.63, 3.8) is 0 Å². The highest BCUT2D eigenvalue weighted by Gasteiger charge is 2.24. The second kappa shape index (κ2) is 8.37. The number of benzene rings is 2. The van der Waals surface area contributed by atoms with Gasteiger partial charge in [0, 0.05) is 11.3 Å². The molecule has 1 aliphatic rings. The lowest BCUT2D eigenvalue weighted by Crippen LogP contribution is -2.34. The van der Waals surface area contributed by atoms with Crippen molar-refractivity contribution in [2.24, 2.45) is 4.40 Å². The fourth-order valence-corrected chi connectivity index (χ4v) is 4.51. The summed E-state index contributed by atoms with van der Waals surface area (Å²) in [7, 11) is -1.74. The summed E-state index contributed by atoms with van der Waals surface area (Å²) in [6.07, 6.45) is 1.65. The topological polar surface area (TPSA) is 90.5 Å². The summed E-state index contributed by atoms with van der Waals surface area (Å²) < 4.78 is 41.6. The summed E-state index contributed by atoms with van der Waals surface area (Å²) in [4.78, 5) is 2.22. The number of likely N-dealkylation sites (N-methyl/N-ethyl adjacent to an activating group) is 1. The molecule has 0 bridgehead atoms. The molecule has 2 heterocycles. The van der Waals surface area contributed by atoms with Crippen LogP contribution in [0.1, 0.15) is 12.1 Å². The van der Waals surface area contributed by atoms with Gasteiger partial charge < -0.3 is 5.32 Å². The van der Waals surface area contributed by atoms with Gasteiger partial charge in [0.2, 0.25) is 0 Å². The molecule has 1 aromatic heterocycles. The molecular formula is C21H22FN5O2S. The van der Waals surface area contributed by atoms with E-state index in [-0.39, 0.29) is 10.7 Å². The van der Waals surface area contributed by atoms with Crippen LogP contribution in [0, 0.1) is 5.82 Å². The molecule has 9 heteroatoms. The van der Waals surface area contributed by atoms with Crippen LogP contribution in [-0.2, 0) is 16.4 Å². The maximum absolute atomic E-state index is 13.1. The van der Waals surface area contributed by atoms with Crippen molar-refractivity contribution in [1.82, 2.24) is 15.1 Å². The summed E-state index contributed by atoms with van der Waals surface area (Å²) in [5.41, 5.74) is 3.19. The van der Waals surface area contributed by atoms with Gasteiger partial charge in [0.15, 0.2) is 0 Å². The number of H-pyrrole nitrogens is 1. The summed E-state index contributed by atoms with van der Waals surface area (Å²) in [6, 6.07) is 15.0. The van der Waals surface area contributed by atoms with E-state index in [1.807, 2.05) is 18.0 Å². The van der Waals surface area contributed by atoms with Crippen LogP contribution in [0.3, 0.4) is 0 Å². The molecule has 0 saturated carbocycles. The average Bonchev–Trinajstić information content (AvgIpc) is 3.17. The number of para-hydroxylation sites is 1. The number of nitrogens with one attached hydrogen (secondary N) is 2. The second-order valence-electron chi connectivity index (χ2n) is 7.26. The zero-order valence-corrected chi connectivity index (χ0v) is 17.3. The van der Waals surface area contributed by atoms with E-state index in [4.69, 9.17) is 0 Å². The highest BCUT2D eigenvalue weighted by atomic mass is 32.2. The predicted octanol–water partition coefficient (Wildman–Crippen LogP) is 3.29. The van der Waals surface area contributed by atoms with E-state index >= 15 is 0 Å². The third kappa shape index (κ3) is 4.58. The van der Waals surface area contributed by atoms with Gasteiger partial charge in [0.05, 0.1) is 17.9 Å². The molecule has 7 nitrogen and oxygen atoms in total. The Bertz CT molecular complexity index is 1170. The van der Waals surface area contributed by atoms with E-state index < -0.39 is 10.0 Å². The lowest BCUT2D eigenvalue weighted by molar-refractivity contribution is 0.373. The number of anilines is 1. The first-order valence-electron chi connectivity index (χ1n) is 9.59. The van der Waals surface area contributed by atoms with E-state index in [1.165, 1.54) is 12.1 Å². The molecule has 0 spiro atoms. The fourth-order valence-electron chi connectivity index (χ4n) is 3.37. The van der Waals surface area contributed by atoms with Gasteiger partial charge in [-0.05, 0) is 68.9 Å². The van der Waals surface area contributed by atoms with Crippen LogP contribution in [0.25, 0.3) is 11.3 Å². The highest BCUT2D eigenvalue weighted by molar-refractivity contribution is 7.90. The van der Waals surface area contributed by atoms with Crippen LogP contribution in [0.15, 0.2) is 63.9 Å². The van der Waals surface area contributed by atoms with E-state index in [9.17, 15) is 12.8 Å².